The van der Waals surface area contributed by atoms with Crippen LogP contribution in [0.5, 0.6) is 5.75 Å². The van der Waals surface area contributed by atoms with Crippen molar-refractivity contribution in [2.24, 2.45) is 0 Å². The molecule has 2 aromatic carbocycles. The molecule has 136 valence electrons. The third kappa shape index (κ3) is 5.50. The van der Waals surface area contributed by atoms with Gasteiger partial charge in [-0.1, -0.05) is 18.2 Å². The topological polar surface area (TPSA) is 103 Å². The van der Waals surface area contributed by atoms with Crippen LogP contribution in [-0.4, -0.2) is 36.3 Å². The van der Waals surface area contributed by atoms with E-state index in [-0.39, 0.29) is 10.8 Å². The standard InChI is InChI=1S/C17H17N3O5S/c1-24-9-10-25-15-8-3-2-7-14(15)16(21)19-17(26)18-12-5-4-6-13(11-12)20(22)23/h2-8,11H,9-10H2,1H3,(H2,18,19,21,26). The molecule has 2 rings (SSSR count). The van der Waals surface area contributed by atoms with Gasteiger partial charge in [0.15, 0.2) is 5.11 Å². The molecule has 0 saturated carbocycles. The Labute approximate surface area is 155 Å². The number of para-hydroxylation sites is 1. The molecule has 9 heteroatoms. The maximum atomic E-state index is 12.4. The van der Waals surface area contributed by atoms with Gasteiger partial charge in [0.1, 0.15) is 12.4 Å². The number of methoxy groups -OCH3 is 1. The fourth-order valence-electron chi connectivity index (χ4n) is 2.05. The molecule has 0 fully saturated rings. The molecule has 0 aromatic heterocycles. The summed E-state index contributed by atoms with van der Waals surface area (Å²) in [5.41, 5.74) is 0.627. The lowest BCUT2D eigenvalue weighted by atomic mass is 10.2. The largest absolute Gasteiger partial charge is 0.490 e. The molecule has 0 unspecified atom stereocenters. The Hall–Kier alpha value is -3.04. The molecule has 0 aliphatic heterocycles. The number of nitrogens with zero attached hydrogens (tertiary/aromatic N) is 1. The minimum atomic E-state index is -0.513. The highest BCUT2D eigenvalue weighted by Gasteiger charge is 2.14. The minimum Gasteiger partial charge on any atom is -0.490 e. The molecule has 8 nitrogen and oxygen atoms in total. The fourth-order valence-corrected chi connectivity index (χ4v) is 2.26. The number of non-ortho nitro benzene ring substituents is 1. The van der Waals surface area contributed by atoms with E-state index in [2.05, 4.69) is 10.6 Å². The Morgan fingerprint density at radius 1 is 1.19 bits per heavy atom. The first-order valence-corrected chi connectivity index (χ1v) is 7.99. The Morgan fingerprint density at radius 3 is 2.69 bits per heavy atom. The van der Waals surface area contributed by atoms with Crippen LogP contribution in [0.25, 0.3) is 0 Å². The zero-order chi connectivity index (χ0) is 18.9. The number of carbonyl (C=O) groups excluding carboxylic acids is 1. The fraction of sp³-hybridized carbons (Fsp3) is 0.176. The highest BCUT2D eigenvalue weighted by molar-refractivity contribution is 7.80. The van der Waals surface area contributed by atoms with E-state index in [1.807, 2.05) is 0 Å². The number of nitro groups is 1. The van der Waals surface area contributed by atoms with Gasteiger partial charge in [-0.2, -0.15) is 0 Å². The summed E-state index contributed by atoms with van der Waals surface area (Å²) >= 11 is 5.10. The third-order valence-corrected chi connectivity index (χ3v) is 3.42. The van der Waals surface area contributed by atoms with E-state index in [0.29, 0.717) is 30.2 Å². The molecule has 2 aromatic rings. The number of nitrogens with one attached hydrogen (secondary N) is 2. The number of rotatable bonds is 7. The van der Waals surface area contributed by atoms with Crippen molar-refractivity contribution in [2.45, 2.75) is 0 Å². The number of anilines is 1. The van der Waals surface area contributed by atoms with E-state index < -0.39 is 10.8 Å². The molecule has 0 bridgehead atoms. The van der Waals surface area contributed by atoms with E-state index in [1.54, 1.807) is 37.4 Å². The van der Waals surface area contributed by atoms with Crippen molar-refractivity contribution < 1.29 is 19.2 Å². The second-order valence-corrected chi connectivity index (χ2v) is 5.46. The van der Waals surface area contributed by atoms with Gasteiger partial charge in [-0.15, -0.1) is 0 Å². The zero-order valence-corrected chi connectivity index (χ0v) is 14.7. The van der Waals surface area contributed by atoms with Gasteiger partial charge in [0, 0.05) is 24.9 Å². The molecule has 26 heavy (non-hydrogen) atoms. The van der Waals surface area contributed by atoms with Crippen LogP contribution in [0, 0.1) is 10.1 Å². The third-order valence-electron chi connectivity index (χ3n) is 3.22. The summed E-state index contributed by atoms with van der Waals surface area (Å²) in [4.78, 5) is 22.7. The minimum absolute atomic E-state index is 0.0159. The lowest BCUT2D eigenvalue weighted by molar-refractivity contribution is -0.384. The summed E-state index contributed by atoms with van der Waals surface area (Å²) in [5, 5.41) is 16.1. The first-order chi connectivity index (χ1) is 12.5. The van der Waals surface area contributed by atoms with Crippen LogP contribution in [0.1, 0.15) is 10.4 Å². The molecule has 0 atom stereocenters. The maximum absolute atomic E-state index is 12.4. The SMILES string of the molecule is COCCOc1ccccc1C(=O)NC(=S)Nc1cccc([N+](=O)[O-])c1. The lowest BCUT2D eigenvalue weighted by Gasteiger charge is -2.13. The Morgan fingerprint density at radius 2 is 1.96 bits per heavy atom. The molecule has 1 amide bonds. The second-order valence-electron chi connectivity index (χ2n) is 5.05. The number of nitro benzene ring substituents is 1. The highest BCUT2D eigenvalue weighted by Crippen LogP contribution is 2.19. The van der Waals surface area contributed by atoms with E-state index in [4.69, 9.17) is 21.7 Å². The van der Waals surface area contributed by atoms with Crippen LogP contribution in [0.3, 0.4) is 0 Å². The van der Waals surface area contributed by atoms with Crippen LogP contribution >= 0.6 is 12.2 Å². The van der Waals surface area contributed by atoms with Gasteiger partial charge < -0.3 is 14.8 Å². The molecule has 0 spiro atoms. The normalized spacial score (nSPS) is 10.0. The molecule has 0 saturated heterocycles. The summed E-state index contributed by atoms with van der Waals surface area (Å²) in [6, 6.07) is 12.5. The van der Waals surface area contributed by atoms with Crippen LogP contribution < -0.4 is 15.4 Å². The average molecular weight is 375 g/mol. The molecular formula is C17H17N3O5S. The number of thiocarbonyl (C=S) groups is 1. The zero-order valence-electron chi connectivity index (χ0n) is 13.9. The van der Waals surface area contributed by atoms with Gasteiger partial charge in [-0.25, -0.2) is 0 Å². The Balaban J connectivity index is 2.02. The predicted molar refractivity (Wildman–Crippen MR) is 101 cm³/mol. The van der Waals surface area contributed by atoms with E-state index in [0.717, 1.165) is 0 Å². The summed E-state index contributed by atoms with van der Waals surface area (Å²) in [5.74, 6) is -0.0545. The van der Waals surface area contributed by atoms with Crippen molar-refractivity contribution in [2.75, 3.05) is 25.6 Å². The summed E-state index contributed by atoms with van der Waals surface area (Å²) in [6.45, 7) is 0.694. The number of amides is 1. The summed E-state index contributed by atoms with van der Waals surface area (Å²) < 4.78 is 10.4. The number of hydrogen-bond donors (Lipinski definition) is 2. The van der Waals surface area contributed by atoms with Crippen LogP contribution in [-0.2, 0) is 4.74 Å². The van der Waals surface area contributed by atoms with E-state index >= 15 is 0 Å². The lowest BCUT2D eigenvalue weighted by Crippen LogP contribution is -2.34. The molecule has 0 heterocycles. The van der Waals surface area contributed by atoms with Gasteiger partial charge in [0.05, 0.1) is 17.1 Å². The van der Waals surface area contributed by atoms with Crippen molar-refractivity contribution in [1.82, 2.24) is 5.32 Å². The van der Waals surface area contributed by atoms with Gasteiger partial charge in [-0.05, 0) is 30.4 Å². The molecule has 0 radical (unpaired) electrons. The van der Waals surface area contributed by atoms with Gasteiger partial charge in [-0.3, -0.25) is 20.2 Å². The van der Waals surface area contributed by atoms with Gasteiger partial charge in [0.25, 0.3) is 11.6 Å². The van der Waals surface area contributed by atoms with Crippen molar-refractivity contribution >= 4 is 34.6 Å². The van der Waals surface area contributed by atoms with Crippen molar-refractivity contribution in [1.29, 1.82) is 0 Å². The van der Waals surface area contributed by atoms with E-state index in [1.165, 1.54) is 18.2 Å². The smallest absolute Gasteiger partial charge is 0.271 e. The Kier molecular flexibility index (Phi) is 7.01. The number of benzene rings is 2. The number of hydrogen-bond acceptors (Lipinski definition) is 6. The van der Waals surface area contributed by atoms with Crippen LogP contribution in [0.4, 0.5) is 11.4 Å². The molecule has 0 aliphatic rings. The highest BCUT2D eigenvalue weighted by atomic mass is 32.1. The summed E-state index contributed by atoms with van der Waals surface area (Å²) in [6.07, 6.45) is 0. The maximum Gasteiger partial charge on any atom is 0.271 e. The first-order valence-electron chi connectivity index (χ1n) is 7.59. The van der Waals surface area contributed by atoms with E-state index in [9.17, 15) is 14.9 Å². The number of carbonyl (C=O) groups is 1. The average Bonchev–Trinajstić information content (AvgIpc) is 2.62. The predicted octanol–water partition coefficient (Wildman–Crippen LogP) is 2.75. The number of ether oxygens (including phenoxy) is 2. The van der Waals surface area contributed by atoms with Gasteiger partial charge in [0.2, 0.25) is 0 Å². The van der Waals surface area contributed by atoms with Gasteiger partial charge >= 0.3 is 0 Å². The molecule has 0 aliphatic carbocycles. The second kappa shape index (κ2) is 9.44. The van der Waals surface area contributed by atoms with Crippen molar-refractivity contribution in [3.05, 3.63) is 64.2 Å². The first kappa shape index (κ1) is 19.3. The quantitative estimate of drug-likeness (QED) is 0.332. The van der Waals surface area contributed by atoms with Crippen LogP contribution in [0.2, 0.25) is 0 Å². The van der Waals surface area contributed by atoms with Crippen LogP contribution in [0.15, 0.2) is 48.5 Å². The van der Waals surface area contributed by atoms with Crippen molar-refractivity contribution in [3.8, 4) is 5.75 Å². The van der Waals surface area contributed by atoms with Crippen molar-refractivity contribution in [3.63, 3.8) is 0 Å². The monoisotopic (exact) mass is 375 g/mol. The molecular weight excluding hydrogens is 358 g/mol. The molecule has 2 N–H and O–H groups in total. The summed E-state index contributed by atoms with van der Waals surface area (Å²) in [7, 11) is 1.56. The Bertz CT molecular complexity index is 812.